The Bertz CT molecular complexity index is 505. The molecule has 1 heterocycles. The zero-order valence-corrected chi connectivity index (χ0v) is 14.0. The minimum Gasteiger partial charge on any atom is -0.450 e. The van der Waals surface area contributed by atoms with Gasteiger partial charge in [0.15, 0.2) is 0 Å². The van der Waals surface area contributed by atoms with Gasteiger partial charge in [-0.25, -0.2) is 4.79 Å². The maximum absolute atomic E-state index is 12.0. The van der Waals surface area contributed by atoms with Crippen molar-refractivity contribution in [2.45, 2.75) is 57.7 Å². The third kappa shape index (κ3) is 4.25. The van der Waals surface area contributed by atoms with E-state index >= 15 is 0 Å². The normalized spacial score (nSPS) is 26.9. The van der Waals surface area contributed by atoms with Crippen LogP contribution in [0.25, 0.3) is 0 Å². The van der Waals surface area contributed by atoms with Crippen LogP contribution in [0.5, 0.6) is 0 Å². The topological polar surface area (TPSA) is 41.6 Å². The van der Waals surface area contributed by atoms with E-state index in [-0.39, 0.29) is 12.1 Å². The Kier molecular flexibility index (Phi) is 5.55. The van der Waals surface area contributed by atoms with Crippen LogP contribution in [0.3, 0.4) is 0 Å². The van der Waals surface area contributed by atoms with Crippen LogP contribution in [0.1, 0.15) is 44.6 Å². The second-order valence-corrected chi connectivity index (χ2v) is 6.88. The first-order valence-corrected chi connectivity index (χ1v) is 8.97. The standard InChI is InChI=1S/C19H28N2O2/c1-2-3-11-23-19(22)20-18-14-21(17-10-9-16(18)12-17)13-15-7-5-4-6-8-15/h4-8,16-18H,2-3,9-14H2,1H3,(H,20,22)/t16-,17+,18+/m1/s1. The Morgan fingerprint density at radius 2 is 2.13 bits per heavy atom. The van der Waals surface area contributed by atoms with E-state index in [9.17, 15) is 4.79 Å². The van der Waals surface area contributed by atoms with Crippen molar-refractivity contribution in [2.24, 2.45) is 5.92 Å². The molecule has 1 aliphatic carbocycles. The van der Waals surface area contributed by atoms with E-state index in [1.807, 2.05) is 0 Å². The van der Waals surface area contributed by atoms with E-state index in [4.69, 9.17) is 4.74 Å². The van der Waals surface area contributed by atoms with Crippen molar-refractivity contribution in [2.75, 3.05) is 13.2 Å². The van der Waals surface area contributed by atoms with Gasteiger partial charge in [-0.2, -0.15) is 0 Å². The Morgan fingerprint density at radius 1 is 1.30 bits per heavy atom. The van der Waals surface area contributed by atoms with E-state index in [2.05, 4.69) is 47.5 Å². The Hall–Kier alpha value is -1.55. The number of nitrogens with zero attached hydrogens (tertiary/aromatic N) is 1. The molecule has 2 bridgehead atoms. The Balaban J connectivity index is 1.56. The highest BCUT2D eigenvalue weighted by atomic mass is 16.5. The maximum atomic E-state index is 12.0. The molecule has 3 atom stereocenters. The van der Waals surface area contributed by atoms with Crippen LogP contribution in [0, 0.1) is 5.92 Å². The quantitative estimate of drug-likeness (QED) is 0.816. The number of rotatable bonds is 6. The number of unbranched alkanes of at least 4 members (excludes halogenated alkanes) is 1. The molecule has 1 saturated carbocycles. The number of fused-ring (bicyclic) bond motifs is 2. The van der Waals surface area contributed by atoms with E-state index in [1.54, 1.807) is 0 Å². The van der Waals surface area contributed by atoms with E-state index in [0.717, 1.165) is 25.9 Å². The van der Waals surface area contributed by atoms with Gasteiger partial charge in [0.25, 0.3) is 0 Å². The van der Waals surface area contributed by atoms with Crippen LogP contribution in [-0.4, -0.2) is 36.2 Å². The molecule has 2 fully saturated rings. The summed E-state index contributed by atoms with van der Waals surface area (Å²) < 4.78 is 5.28. The zero-order chi connectivity index (χ0) is 16.1. The smallest absolute Gasteiger partial charge is 0.407 e. The van der Waals surface area contributed by atoms with Gasteiger partial charge in [0.1, 0.15) is 0 Å². The molecule has 3 rings (SSSR count). The lowest BCUT2D eigenvalue weighted by molar-refractivity contribution is 0.0992. The largest absolute Gasteiger partial charge is 0.450 e. The van der Waals surface area contributed by atoms with Gasteiger partial charge in [-0.3, -0.25) is 4.90 Å². The van der Waals surface area contributed by atoms with Crippen molar-refractivity contribution in [3.05, 3.63) is 35.9 Å². The molecule has 1 aliphatic heterocycles. The number of likely N-dealkylation sites (tertiary alicyclic amines) is 1. The van der Waals surface area contributed by atoms with Crippen molar-refractivity contribution in [3.63, 3.8) is 0 Å². The molecule has 1 amide bonds. The molecular formula is C19H28N2O2. The first-order valence-electron chi connectivity index (χ1n) is 8.97. The summed E-state index contributed by atoms with van der Waals surface area (Å²) in [5.41, 5.74) is 1.35. The van der Waals surface area contributed by atoms with Crippen LogP contribution in [0.4, 0.5) is 4.79 Å². The molecule has 23 heavy (non-hydrogen) atoms. The van der Waals surface area contributed by atoms with Gasteiger partial charge in [-0.1, -0.05) is 43.7 Å². The number of nitrogens with one attached hydrogen (secondary N) is 1. The van der Waals surface area contributed by atoms with E-state index in [1.165, 1.54) is 24.8 Å². The van der Waals surface area contributed by atoms with Crippen molar-refractivity contribution in [1.82, 2.24) is 10.2 Å². The fourth-order valence-corrected chi connectivity index (χ4v) is 3.92. The molecule has 0 spiro atoms. The first-order chi connectivity index (χ1) is 11.3. The monoisotopic (exact) mass is 316 g/mol. The number of hydrogen-bond acceptors (Lipinski definition) is 3. The highest BCUT2D eigenvalue weighted by Crippen LogP contribution is 2.37. The van der Waals surface area contributed by atoms with Crippen LogP contribution in [-0.2, 0) is 11.3 Å². The van der Waals surface area contributed by atoms with Crippen LogP contribution >= 0.6 is 0 Å². The van der Waals surface area contributed by atoms with Gasteiger partial charge in [0.2, 0.25) is 0 Å². The molecule has 0 unspecified atom stereocenters. The van der Waals surface area contributed by atoms with Gasteiger partial charge in [-0.15, -0.1) is 0 Å². The molecule has 4 nitrogen and oxygen atoms in total. The summed E-state index contributed by atoms with van der Waals surface area (Å²) in [4.78, 5) is 14.5. The number of amides is 1. The van der Waals surface area contributed by atoms with Gasteiger partial charge in [-0.05, 0) is 37.2 Å². The van der Waals surface area contributed by atoms with Crippen molar-refractivity contribution in [1.29, 1.82) is 0 Å². The number of hydrogen-bond donors (Lipinski definition) is 1. The van der Waals surface area contributed by atoms with Crippen LogP contribution < -0.4 is 5.32 Å². The van der Waals surface area contributed by atoms with Crippen LogP contribution in [0.2, 0.25) is 0 Å². The lowest BCUT2D eigenvalue weighted by Crippen LogP contribution is -2.52. The van der Waals surface area contributed by atoms with E-state index in [0.29, 0.717) is 18.6 Å². The Labute approximate surface area is 139 Å². The van der Waals surface area contributed by atoms with Crippen LogP contribution in [0.15, 0.2) is 30.3 Å². The lowest BCUT2D eigenvalue weighted by atomic mass is 9.93. The second kappa shape index (κ2) is 7.82. The zero-order valence-electron chi connectivity index (χ0n) is 14.0. The number of piperidine rings is 1. The van der Waals surface area contributed by atoms with Gasteiger partial charge >= 0.3 is 6.09 Å². The maximum Gasteiger partial charge on any atom is 0.407 e. The second-order valence-electron chi connectivity index (χ2n) is 6.88. The highest BCUT2D eigenvalue weighted by Gasteiger charge is 2.40. The van der Waals surface area contributed by atoms with Crippen molar-refractivity contribution in [3.8, 4) is 0 Å². The lowest BCUT2D eigenvalue weighted by Gasteiger charge is -2.38. The molecule has 1 saturated heterocycles. The summed E-state index contributed by atoms with van der Waals surface area (Å²) >= 11 is 0. The Morgan fingerprint density at radius 3 is 2.91 bits per heavy atom. The highest BCUT2D eigenvalue weighted by molar-refractivity contribution is 5.67. The number of alkyl carbamates (subject to hydrolysis) is 1. The number of carbonyl (C=O) groups excluding carboxylic acids is 1. The number of carbonyl (C=O) groups is 1. The summed E-state index contributed by atoms with van der Waals surface area (Å²) in [6.45, 7) is 4.53. The predicted molar refractivity (Wildman–Crippen MR) is 91.2 cm³/mol. The predicted octanol–water partition coefficient (Wildman–Crippen LogP) is 3.57. The average molecular weight is 316 g/mol. The molecule has 1 aromatic carbocycles. The van der Waals surface area contributed by atoms with Crippen molar-refractivity contribution < 1.29 is 9.53 Å². The molecular weight excluding hydrogens is 288 g/mol. The van der Waals surface area contributed by atoms with Gasteiger partial charge in [0.05, 0.1) is 6.61 Å². The average Bonchev–Trinajstić information content (AvgIpc) is 2.99. The summed E-state index contributed by atoms with van der Waals surface area (Å²) in [5.74, 6) is 0.616. The number of ether oxygens (including phenoxy) is 1. The molecule has 1 aromatic rings. The summed E-state index contributed by atoms with van der Waals surface area (Å²) in [6.07, 6.45) is 5.41. The fraction of sp³-hybridized carbons (Fsp3) is 0.632. The molecule has 0 radical (unpaired) electrons. The van der Waals surface area contributed by atoms with Gasteiger partial charge in [0, 0.05) is 25.2 Å². The fourth-order valence-electron chi connectivity index (χ4n) is 3.92. The third-order valence-corrected chi connectivity index (χ3v) is 5.22. The molecule has 0 aromatic heterocycles. The van der Waals surface area contributed by atoms with Gasteiger partial charge < -0.3 is 10.1 Å². The summed E-state index contributed by atoms with van der Waals surface area (Å²) in [6, 6.07) is 11.5. The minimum absolute atomic E-state index is 0.228. The van der Waals surface area contributed by atoms with Crippen molar-refractivity contribution >= 4 is 6.09 Å². The molecule has 1 N–H and O–H groups in total. The SMILES string of the molecule is CCCCOC(=O)N[C@H]1CN(Cc2ccccc2)[C@H]2CC[C@@H]1C2. The summed E-state index contributed by atoms with van der Waals surface area (Å²) in [7, 11) is 0. The molecule has 4 heteroatoms. The number of benzene rings is 1. The third-order valence-electron chi connectivity index (χ3n) is 5.22. The minimum atomic E-state index is -0.242. The summed E-state index contributed by atoms with van der Waals surface area (Å²) in [5, 5.41) is 3.12. The first kappa shape index (κ1) is 16.3. The molecule has 126 valence electrons. The van der Waals surface area contributed by atoms with E-state index < -0.39 is 0 Å². The molecule has 2 aliphatic rings.